The average Bonchev–Trinajstić information content (AvgIpc) is 3.15. The van der Waals surface area contributed by atoms with Crippen LogP contribution in [0.4, 0.5) is 11.5 Å². The quantitative estimate of drug-likeness (QED) is 0.836. The first-order chi connectivity index (χ1) is 13.1. The second-order valence-electron chi connectivity index (χ2n) is 6.77. The van der Waals surface area contributed by atoms with Gasteiger partial charge in [0, 0.05) is 24.3 Å². The van der Waals surface area contributed by atoms with E-state index < -0.39 is 10.0 Å². The van der Waals surface area contributed by atoms with Crippen LogP contribution in [0, 0.1) is 11.3 Å². The molecule has 0 bridgehead atoms. The summed E-state index contributed by atoms with van der Waals surface area (Å²) in [5, 5.41) is 16.3. The van der Waals surface area contributed by atoms with E-state index >= 15 is 0 Å². The Labute approximate surface area is 159 Å². The first-order valence-corrected chi connectivity index (χ1v) is 10.5. The summed E-state index contributed by atoms with van der Waals surface area (Å²) in [6, 6.07) is 10.8. The van der Waals surface area contributed by atoms with Crippen molar-refractivity contribution in [2.24, 2.45) is 0 Å². The van der Waals surface area contributed by atoms with Crippen molar-refractivity contribution in [1.82, 2.24) is 10.3 Å². The molecule has 1 fully saturated rings. The number of hydrogen-bond donors (Lipinski definition) is 2. The van der Waals surface area contributed by atoms with Gasteiger partial charge in [0.15, 0.2) is 0 Å². The fourth-order valence-electron chi connectivity index (χ4n) is 3.69. The van der Waals surface area contributed by atoms with Crippen LogP contribution in [0.25, 0.3) is 0 Å². The highest BCUT2D eigenvalue weighted by Crippen LogP contribution is 2.37. The number of aromatic nitrogens is 1. The lowest BCUT2D eigenvalue weighted by Gasteiger charge is -2.26. The molecule has 8 heteroatoms. The molecule has 2 aromatic rings. The molecule has 2 aliphatic heterocycles. The van der Waals surface area contributed by atoms with Crippen molar-refractivity contribution in [2.75, 3.05) is 29.3 Å². The largest absolute Gasteiger partial charge is 0.381 e. The maximum Gasteiger partial charge on any atom is 0.265 e. The molecular formula is C19H21N5O2S. The SMILES string of the molecule is N#Cc1cnc2c(c1NC1CCNCC1)CCN2S(=O)(=O)c1ccccc1. The zero-order chi connectivity index (χ0) is 18.9. The normalized spacial score (nSPS) is 17.4. The predicted molar refractivity (Wildman–Crippen MR) is 103 cm³/mol. The van der Waals surface area contributed by atoms with Crippen LogP contribution in [-0.2, 0) is 16.4 Å². The molecule has 0 atom stereocenters. The summed E-state index contributed by atoms with van der Waals surface area (Å²) < 4.78 is 27.4. The summed E-state index contributed by atoms with van der Waals surface area (Å²) in [5.41, 5.74) is 2.01. The monoisotopic (exact) mass is 383 g/mol. The summed E-state index contributed by atoms with van der Waals surface area (Å²) in [6.07, 6.45) is 3.94. The Morgan fingerprint density at radius 2 is 1.96 bits per heavy atom. The number of rotatable bonds is 4. The molecular weight excluding hydrogens is 362 g/mol. The fourth-order valence-corrected chi connectivity index (χ4v) is 5.16. The second-order valence-corrected chi connectivity index (χ2v) is 8.63. The summed E-state index contributed by atoms with van der Waals surface area (Å²) in [5.74, 6) is 0.425. The Morgan fingerprint density at radius 1 is 1.22 bits per heavy atom. The number of benzene rings is 1. The Balaban J connectivity index is 1.72. The lowest BCUT2D eigenvalue weighted by Crippen LogP contribution is -2.35. The number of nitrogens with zero attached hydrogens (tertiary/aromatic N) is 3. The van der Waals surface area contributed by atoms with E-state index in [1.807, 2.05) is 0 Å². The summed E-state index contributed by atoms with van der Waals surface area (Å²) in [4.78, 5) is 4.58. The highest BCUT2D eigenvalue weighted by molar-refractivity contribution is 7.92. The van der Waals surface area contributed by atoms with Gasteiger partial charge in [-0.2, -0.15) is 5.26 Å². The van der Waals surface area contributed by atoms with E-state index in [9.17, 15) is 13.7 Å². The van der Waals surface area contributed by atoms with Gasteiger partial charge in [-0.05, 0) is 44.5 Å². The minimum atomic E-state index is -3.67. The average molecular weight is 383 g/mol. The number of sulfonamides is 1. The Morgan fingerprint density at radius 3 is 2.67 bits per heavy atom. The van der Waals surface area contributed by atoms with Gasteiger partial charge in [-0.15, -0.1) is 0 Å². The third-order valence-electron chi connectivity index (χ3n) is 5.10. The molecule has 0 aliphatic carbocycles. The van der Waals surface area contributed by atoms with Crippen molar-refractivity contribution in [3.05, 3.63) is 47.7 Å². The maximum atomic E-state index is 13.0. The number of pyridine rings is 1. The summed E-state index contributed by atoms with van der Waals surface area (Å²) >= 11 is 0. The molecule has 1 aromatic heterocycles. The lowest BCUT2D eigenvalue weighted by molar-refractivity contribution is 0.479. The minimum absolute atomic E-state index is 0.247. The third-order valence-corrected chi connectivity index (χ3v) is 6.90. The maximum absolute atomic E-state index is 13.0. The van der Waals surface area contributed by atoms with Crippen LogP contribution in [0.5, 0.6) is 0 Å². The lowest BCUT2D eigenvalue weighted by atomic mass is 10.0. The molecule has 2 N–H and O–H groups in total. The van der Waals surface area contributed by atoms with Gasteiger partial charge in [0.2, 0.25) is 0 Å². The van der Waals surface area contributed by atoms with Crippen LogP contribution < -0.4 is 14.9 Å². The summed E-state index contributed by atoms with van der Waals surface area (Å²) in [6.45, 7) is 2.19. The zero-order valence-electron chi connectivity index (χ0n) is 14.9. The van der Waals surface area contributed by atoms with Crippen molar-refractivity contribution in [2.45, 2.75) is 30.2 Å². The second kappa shape index (κ2) is 7.18. The zero-order valence-corrected chi connectivity index (χ0v) is 15.7. The standard InChI is InChI=1S/C19H21N5O2S/c20-12-14-13-22-19-17(18(14)23-15-6-9-21-10-7-15)8-11-24(19)27(25,26)16-4-2-1-3-5-16/h1-5,13,15,21H,6-11H2,(H,22,23). The molecule has 0 unspecified atom stereocenters. The topological polar surface area (TPSA) is 98.1 Å². The van der Waals surface area contributed by atoms with Crippen LogP contribution in [0.3, 0.4) is 0 Å². The molecule has 0 spiro atoms. The number of nitrogens with one attached hydrogen (secondary N) is 2. The van der Waals surface area contributed by atoms with Crippen molar-refractivity contribution < 1.29 is 8.42 Å². The van der Waals surface area contributed by atoms with E-state index in [0.717, 1.165) is 37.2 Å². The molecule has 4 rings (SSSR count). The van der Waals surface area contributed by atoms with E-state index in [2.05, 4.69) is 21.7 Å². The molecule has 140 valence electrons. The molecule has 3 heterocycles. The van der Waals surface area contributed by atoms with Crippen LogP contribution in [0.15, 0.2) is 41.4 Å². The van der Waals surface area contributed by atoms with Crippen LogP contribution in [-0.4, -0.2) is 39.1 Å². The highest BCUT2D eigenvalue weighted by Gasteiger charge is 2.34. The Kier molecular flexibility index (Phi) is 4.72. The third kappa shape index (κ3) is 3.24. The van der Waals surface area contributed by atoms with Gasteiger partial charge in [-0.1, -0.05) is 18.2 Å². The number of fused-ring (bicyclic) bond motifs is 1. The van der Waals surface area contributed by atoms with Crippen LogP contribution in [0.2, 0.25) is 0 Å². The molecule has 0 radical (unpaired) electrons. The van der Waals surface area contributed by atoms with Crippen LogP contribution >= 0.6 is 0 Å². The number of nitriles is 1. The molecule has 7 nitrogen and oxygen atoms in total. The van der Waals surface area contributed by atoms with Gasteiger partial charge in [0.1, 0.15) is 11.9 Å². The fraction of sp³-hybridized carbons (Fsp3) is 0.368. The molecule has 27 heavy (non-hydrogen) atoms. The minimum Gasteiger partial charge on any atom is -0.381 e. The van der Waals surface area contributed by atoms with Gasteiger partial charge < -0.3 is 10.6 Å². The van der Waals surface area contributed by atoms with E-state index in [1.54, 1.807) is 30.3 Å². The van der Waals surface area contributed by atoms with Crippen molar-refractivity contribution >= 4 is 21.5 Å². The Bertz CT molecular complexity index is 979. The van der Waals surface area contributed by atoms with Gasteiger partial charge >= 0.3 is 0 Å². The summed E-state index contributed by atoms with van der Waals surface area (Å²) in [7, 11) is -3.67. The van der Waals surface area contributed by atoms with Gasteiger partial charge in [0.25, 0.3) is 10.0 Å². The van der Waals surface area contributed by atoms with E-state index in [0.29, 0.717) is 24.3 Å². The first kappa shape index (κ1) is 17.8. The molecule has 0 amide bonds. The highest BCUT2D eigenvalue weighted by atomic mass is 32.2. The molecule has 1 aromatic carbocycles. The predicted octanol–water partition coefficient (Wildman–Crippen LogP) is 1.87. The smallest absolute Gasteiger partial charge is 0.265 e. The molecule has 2 aliphatic rings. The number of hydrogen-bond acceptors (Lipinski definition) is 6. The van der Waals surface area contributed by atoms with Gasteiger partial charge in [-0.25, -0.2) is 17.7 Å². The van der Waals surface area contributed by atoms with Gasteiger partial charge in [0.05, 0.1) is 16.1 Å². The van der Waals surface area contributed by atoms with E-state index in [-0.39, 0.29) is 10.9 Å². The molecule has 0 saturated carbocycles. The van der Waals surface area contributed by atoms with Gasteiger partial charge in [-0.3, -0.25) is 0 Å². The van der Waals surface area contributed by atoms with Crippen LogP contribution in [0.1, 0.15) is 24.0 Å². The number of anilines is 2. The van der Waals surface area contributed by atoms with Crippen molar-refractivity contribution in [1.29, 1.82) is 5.26 Å². The first-order valence-electron chi connectivity index (χ1n) is 9.08. The van der Waals surface area contributed by atoms with Crippen molar-refractivity contribution in [3.63, 3.8) is 0 Å². The number of piperidine rings is 1. The van der Waals surface area contributed by atoms with E-state index in [1.165, 1.54) is 10.5 Å². The van der Waals surface area contributed by atoms with Crippen molar-refractivity contribution in [3.8, 4) is 6.07 Å². The Hall–Kier alpha value is -2.63. The van der Waals surface area contributed by atoms with E-state index in [4.69, 9.17) is 0 Å². The molecule has 1 saturated heterocycles.